The molecule has 0 unspecified atom stereocenters. The molecule has 0 fully saturated rings. The lowest BCUT2D eigenvalue weighted by molar-refractivity contribution is 0.00466. The van der Waals surface area contributed by atoms with Crippen LogP contribution in [0.1, 0.15) is 23.7 Å². The van der Waals surface area contributed by atoms with Crippen LogP contribution in [0.3, 0.4) is 0 Å². The van der Waals surface area contributed by atoms with Crippen LogP contribution in [0.15, 0.2) is 84.9 Å². The maximum Gasteiger partial charge on any atom is 0.227 e. The summed E-state index contributed by atoms with van der Waals surface area (Å²) in [4.78, 5) is 2.15. The summed E-state index contributed by atoms with van der Waals surface area (Å²) in [5.41, 5.74) is 3.84. The van der Waals surface area contributed by atoms with Crippen LogP contribution in [-0.2, 0) is 29.0 Å². The van der Waals surface area contributed by atoms with Gasteiger partial charge in [-0.1, -0.05) is 67.6 Å². The fourth-order valence-corrected chi connectivity index (χ4v) is 4.49. The van der Waals surface area contributed by atoms with Crippen LogP contribution in [0.5, 0.6) is 17.4 Å². The van der Waals surface area contributed by atoms with Crippen molar-refractivity contribution in [3.63, 3.8) is 0 Å². The molecule has 1 N–H and O–H groups in total. The van der Waals surface area contributed by atoms with E-state index in [1.54, 1.807) is 14.2 Å². The van der Waals surface area contributed by atoms with E-state index in [-0.39, 0.29) is 6.61 Å². The van der Waals surface area contributed by atoms with Gasteiger partial charge in [0.1, 0.15) is 0 Å². The van der Waals surface area contributed by atoms with E-state index in [1.807, 2.05) is 89.6 Å². The highest BCUT2D eigenvalue weighted by molar-refractivity contribution is 5.47. The molecule has 0 aliphatic heterocycles. The Morgan fingerprint density at radius 1 is 0.900 bits per heavy atom. The lowest BCUT2D eigenvalue weighted by Crippen LogP contribution is -2.36. The third-order valence-electron chi connectivity index (χ3n) is 6.52. The van der Waals surface area contributed by atoms with Crippen molar-refractivity contribution < 1.29 is 24.1 Å². The molecule has 0 amide bonds. The summed E-state index contributed by atoms with van der Waals surface area (Å²) in [5.74, 6) is 1.85. The summed E-state index contributed by atoms with van der Waals surface area (Å²) >= 11 is 0. The third-order valence-corrected chi connectivity index (χ3v) is 6.52. The monoisotopic (exact) mass is 545 g/mol. The summed E-state index contributed by atoms with van der Waals surface area (Å²) in [7, 11) is 3.31. The third kappa shape index (κ3) is 7.92. The molecule has 1 atom stereocenters. The number of aliphatic hydroxyl groups excluding tert-OH is 1. The summed E-state index contributed by atoms with van der Waals surface area (Å²) in [5, 5.41) is 15.8. The number of methoxy groups -OCH3 is 2. The summed E-state index contributed by atoms with van der Waals surface area (Å²) in [6, 6.07) is 27.5. The van der Waals surface area contributed by atoms with Gasteiger partial charge in [0.2, 0.25) is 5.88 Å². The van der Waals surface area contributed by atoms with Crippen molar-refractivity contribution in [3.8, 4) is 23.1 Å². The number of hydrogen-bond acceptors (Lipinski definition) is 7. The van der Waals surface area contributed by atoms with E-state index in [9.17, 15) is 5.11 Å². The number of rotatable bonds is 16. The van der Waals surface area contributed by atoms with Gasteiger partial charge < -0.3 is 24.1 Å². The number of aliphatic hydroxyl groups is 1. The fourth-order valence-electron chi connectivity index (χ4n) is 4.49. The average Bonchev–Trinajstić information content (AvgIpc) is 3.33. The Morgan fingerprint density at radius 3 is 2.25 bits per heavy atom. The van der Waals surface area contributed by atoms with Crippen LogP contribution in [0.2, 0.25) is 0 Å². The molecule has 0 radical (unpaired) electrons. The number of hydrogen-bond donors (Lipinski definition) is 1. The van der Waals surface area contributed by atoms with Crippen molar-refractivity contribution >= 4 is 0 Å². The van der Waals surface area contributed by atoms with Crippen LogP contribution in [0.4, 0.5) is 0 Å². The predicted molar refractivity (Wildman–Crippen MR) is 155 cm³/mol. The van der Waals surface area contributed by atoms with Crippen molar-refractivity contribution in [1.29, 1.82) is 0 Å². The summed E-state index contributed by atoms with van der Waals surface area (Å²) in [6.45, 7) is 4.84. The molecule has 1 aromatic heterocycles. The number of para-hydroxylation sites is 3. The molecule has 3 aromatic carbocycles. The van der Waals surface area contributed by atoms with E-state index < -0.39 is 6.10 Å². The minimum absolute atomic E-state index is 0.229. The maximum atomic E-state index is 10.9. The number of aromatic nitrogens is 2. The predicted octanol–water partition coefficient (Wildman–Crippen LogP) is 5.26. The highest BCUT2D eigenvalue weighted by atomic mass is 16.5. The molecule has 0 saturated heterocycles. The molecule has 4 rings (SSSR count). The first kappa shape index (κ1) is 29.3. The molecule has 212 valence electrons. The van der Waals surface area contributed by atoms with Gasteiger partial charge in [0, 0.05) is 26.7 Å². The summed E-state index contributed by atoms with van der Waals surface area (Å²) in [6.07, 6.45) is 0.0478. The number of ether oxygens (including phenoxy) is 4. The minimum atomic E-state index is -0.673. The van der Waals surface area contributed by atoms with Crippen LogP contribution < -0.4 is 9.47 Å². The van der Waals surface area contributed by atoms with Crippen LogP contribution >= 0.6 is 0 Å². The topological polar surface area (TPSA) is 78.2 Å². The zero-order chi connectivity index (χ0) is 28.2. The van der Waals surface area contributed by atoms with E-state index in [0.29, 0.717) is 50.2 Å². The Balaban J connectivity index is 1.59. The van der Waals surface area contributed by atoms with Crippen molar-refractivity contribution in [3.05, 3.63) is 102 Å². The molecule has 40 heavy (non-hydrogen) atoms. The van der Waals surface area contributed by atoms with Gasteiger partial charge in [-0.2, -0.15) is 5.10 Å². The van der Waals surface area contributed by atoms with Crippen molar-refractivity contribution in [2.24, 2.45) is 0 Å². The Bertz CT molecular complexity index is 1300. The van der Waals surface area contributed by atoms with Gasteiger partial charge in [-0.05, 0) is 36.2 Å². The number of benzene rings is 3. The highest BCUT2D eigenvalue weighted by Crippen LogP contribution is 2.36. The zero-order valence-corrected chi connectivity index (χ0v) is 23.5. The van der Waals surface area contributed by atoms with Gasteiger partial charge in [-0.15, -0.1) is 0 Å². The second kappa shape index (κ2) is 15.2. The first-order valence-electron chi connectivity index (χ1n) is 13.6. The highest BCUT2D eigenvalue weighted by Gasteiger charge is 2.24. The van der Waals surface area contributed by atoms with Gasteiger partial charge in [-0.25, -0.2) is 4.68 Å². The number of nitrogens with zero attached hydrogens (tertiary/aromatic N) is 3. The molecule has 1 heterocycles. The van der Waals surface area contributed by atoms with Crippen LogP contribution in [0, 0.1) is 0 Å². The first-order chi connectivity index (χ1) is 19.6. The molecule has 0 aliphatic carbocycles. The first-order valence-corrected chi connectivity index (χ1v) is 13.6. The van der Waals surface area contributed by atoms with Gasteiger partial charge in [0.05, 0.1) is 50.0 Å². The average molecular weight is 546 g/mol. The molecule has 8 heteroatoms. The van der Waals surface area contributed by atoms with E-state index in [1.165, 1.54) is 0 Å². The Kier molecular flexibility index (Phi) is 11.1. The van der Waals surface area contributed by atoms with E-state index in [4.69, 9.17) is 24.0 Å². The molecule has 8 nitrogen and oxygen atoms in total. The maximum absolute atomic E-state index is 10.9. The second-order valence-corrected chi connectivity index (χ2v) is 9.47. The van der Waals surface area contributed by atoms with E-state index in [2.05, 4.69) is 11.8 Å². The molecule has 0 spiro atoms. The smallest absolute Gasteiger partial charge is 0.227 e. The normalized spacial score (nSPS) is 12.0. The van der Waals surface area contributed by atoms with Gasteiger partial charge in [-0.3, -0.25) is 4.90 Å². The van der Waals surface area contributed by atoms with Crippen molar-refractivity contribution in [2.75, 3.05) is 40.5 Å². The minimum Gasteiger partial charge on any atom is -0.493 e. The molecule has 0 bridgehead atoms. The molecular weight excluding hydrogens is 506 g/mol. The second-order valence-electron chi connectivity index (χ2n) is 9.47. The zero-order valence-electron chi connectivity index (χ0n) is 23.5. The summed E-state index contributed by atoms with van der Waals surface area (Å²) < 4.78 is 25.2. The lowest BCUT2D eigenvalue weighted by atomic mass is 10.1. The molecule has 4 aromatic rings. The van der Waals surface area contributed by atoms with Gasteiger partial charge in [0.25, 0.3) is 0 Å². The molecular formula is C32H39N3O5. The number of aryl methyl sites for hydroxylation is 1. The van der Waals surface area contributed by atoms with Crippen molar-refractivity contribution in [1.82, 2.24) is 14.7 Å². The van der Waals surface area contributed by atoms with Gasteiger partial charge >= 0.3 is 0 Å². The van der Waals surface area contributed by atoms with Gasteiger partial charge in [0.15, 0.2) is 11.5 Å². The van der Waals surface area contributed by atoms with E-state index >= 15 is 0 Å². The van der Waals surface area contributed by atoms with Crippen LogP contribution in [0.25, 0.3) is 5.69 Å². The van der Waals surface area contributed by atoms with Crippen LogP contribution in [-0.4, -0.2) is 66.4 Å². The quantitative estimate of drug-likeness (QED) is 0.206. The van der Waals surface area contributed by atoms with Crippen molar-refractivity contribution in [2.45, 2.75) is 32.6 Å². The largest absolute Gasteiger partial charge is 0.493 e. The fraction of sp³-hybridized carbons (Fsp3) is 0.344. The van der Waals surface area contributed by atoms with E-state index in [0.717, 1.165) is 28.9 Å². The standard InChI is InChI=1S/C32H39N3O5/c1-4-29-28(22-34(19-20-37-2)21-27(36)24-39-23-25-13-7-5-8-14-25)32(35(33-29)26-15-9-6-10-16-26)40-31-18-12-11-17-30(31)38-3/h5-18,27,36H,4,19-24H2,1-3H3/t27-/m0/s1. The Morgan fingerprint density at radius 2 is 1.57 bits per heavy atom. The SMILES string of the molecule is CCc1nn(-c2ccccc2)c(Oc2ccccc2OC)c1CN(CCOC)C[C@H](O)COCc1ccccc1. The molecule has 0 saturated carbocycles. The Labute approximate surface area is 236 Å². The molecule has 0 aliphatic rings. The Hall–Kier alpha value is -3.69. The lowest BCUT2D eigenvalue weighted by Gasteiger charge is -2.25.